The minimum atomic E-state index is -0.283. The quantitative estimate of drug-likeness (QED) is 0.405. The van der Waals surface area contributed by atoms with Crippen molar-refractivity contribution in [2.45, 2.75) is 0 Å². The van der Waals surface area contributed by atoms with Crippen LogP contribution in [0.5, 0.6) is 5.75 Å². The van der Waals surface area contributed by atoms with Crippen molar-refractivity contribution in [2.75, 3.05) is 17.7 Å². The van der Waals surface area contributed by atoms with Crippen molar-refractivity contribution >= 4 is 33.8 Å². The number of carbonyl (C=O) groups excluding carboxylic acids is 1. The third kappa shape index (κ3) is 4.64. The fourth-order valence-corrected chi connectivity index (χ4v) is 3.56. The summed E-state index contributed by atoms with van der Waals surface area (Å²) in [4.78, 5) is 17.1. The van der Waals surface area contributed by atoms with E-state index in [0.29, 0.717) is 22.1 Å². The third-order valence-corrected chi connectivity index (χ3v) is 5.13. The number of anilines is 3. The number of amides is 1. The number of nitrogens with one attached hydrogen (secondary N) is 2. The summed E-state index contributed by atoms with van der Waals surface area (Å²) < 4.78 is 18.2. The Kier molecular flexibility index (Phi) is 5.72. The Morgan fingerprint density at radius 1 is 1.00 bits per heavy atom. The maximum Gasteiger partial charge on any atom is 0.255 e. The molecule has 0 atom stereocenters. The topological polar surface area (TPSA) is 63.2 Å². The lowest BCUT2D eigenvalue weighted by molar-refractivity contribution is 0.102. The van der Waals surface area contributed by atoms with Gasteiger partial charge in [-0.25, -0.2) is 9.37 Å². The first-order chi connectivity index (χ1) is 14.6. The number of carbonyl (C=O) groups is 1. The summed E-state index contributed by atoms with van der Waals surface area (Å²) in [5.74, 6) is 0.211. The van der Waals surface area contributed by atoms with Gasteiger partial charge in [0, 0.05) is 27.9 Å². The molecule has 4 aromatic rings. The highest BCUT2D eigenvalue weighted by Crippen LogP contribution is 2.29. The summed E-state index contributed by atoms with van der Waals surface area (Å²) in [6.45, 7) is 0. The summed E-state index contributed by atoms with van der Waals surface area (Å²) in [5.41, 5.74) is 3.64. The number of methoxy groups -OCH3 is 1. The molecule has 7 heteroatoms. The van der Waals surface area contributed by atoms with Crippen LogP contribution in [0.2, 0.25) is 0 Å². The van der Waals surface area contributed by atoms with Crippen molar-refractivity contribution < 1.29 is 13.9 Å². The molecule has 0 saturated carbocycles. The first-order valence-electron chi connectivity index (χ1n) is 9.15. The molecule has 0 unspecified atom stereocenters. The van der Waals surface area contributed by atoms with Crippen LogP contribution in [0.15, 0.2) is 78.2 Å². The summed E-state index contributed by atoms with van der Waals surface area (Å²) in [6, 6.07) is 20.5. The molecule has 3 aromatic carbocycles. The average Bonchev–Trinajstić information content (AvgIpc) is 3.24. The van der Waals surface area contributed by atoms with Crippen LogP contribution in [-0.4, -0.2) is 18.0 Å². The molecule has 0 aliphatic rings. The van der Waals surface area contributed by atoms with Gasteiger partial charge in [-0.05, 0) is 60.7 Å². The van der Waals surface area contributed by atoms with Crippen LogP contribution < -0.4 is 15.4 Å². The smallest absolute Gasteiger partial charge is 0.255 e. The Labute approximate surface area is 177 Å². The Hall–Kier alpha value is -3.71. The van der Waals surface area contributed by atoms with E-state index in [-0.39, 0.29) is 11.7 Å². The van der Waals surface area contributed by atoms with Gasteiger partial charge in [-0.15, -0.1) is 11.3 Å². The van der Waals surface area contributed by atoms with Crippen LogP contribution in [0.1, 0.15) is 10.4 Å². The van der Waals surface area contributed by atoms with E-state index in [0.717, 1.165) is 16.9 Å². The zero-order chi connectivity index (χ0) is 20.9. The van der Waals surface area contributed by atoms with Crippen LogP contribution in [0, 0.1) is 5.82 Å². The van der Waals surface area contributed by atoms with Crippen LogP contribution in [-0.2, 0) is 0 Å². The highest BCUT2D eigenvalue weighted by atomic mass is 32.1. The summed E-state index contributed by atoms with van der Waals surface area (Å²) in [7, 11) is 1.58. The minimum absolute atomic E-state index is 0.202. The van der Waals surface area contributed by atoms with E-state index in [1.165, 1.54) is 23.5 Å². The highest BCUT2D eigenvalue weighted by molar-refractivity contribution is 7.14. The zero-order valence-electron chi connectivity index (χ0n) is 16.1. The number of ether oxygens (including phenoxy) is 1. The fraction of sp³-hybridized carbons (Fsp3) is 0.0435. The number of thiazole rings is 1. The number of nitrogens with zero attached hydrogens (tertiary/aromatic N) is 1. The van der Waals surface area contributed by atoms with E-state index in [1.54, 1.807) is 43.5 Å². The van der Waals surface area contributed by atoms with Gasteiger partial charge in [0.2, 0.25) is 0 Å². The number of benzene rings is 3. The number of halogens is 1. The van der Waals surface area contributed by atoms with Gasteiger partial charge in [-0.3, -0.25) is 4.79 Å². The Morgan fingerprint density at radius 3 is 2.50 bits per heavy atom. The average molecular weight is 419 g/mol. The molecule has 30 heavy (non-hydrogen) atoms. The highest BCUT2D eigenvalue weighted by Gasteiger charge is 2.09. The molecule has 150 valence electrons. The lowest BCUT2D eigenvalue weighted by atomic mass is 10.1. The molecular formula is C23H18FN3O2S. The van der Waals surface area contributed by atoms with Gasteiger partial charge in [0.05, 0.1) is 12.8 Å². The maximum absolute atomic E-state index is 13.0. The van der Waals surface area contributed by atoms with Crippen LogP contribution in [0.4, 0.5) is 20.9 Å². The lowest BCUT2D eigenvalue weighted by Gasteiger charge is -2.07. The summed E-state index contributed by atoms with van der Waals surface area (Å²) >= 11 is 1.45. The summed E-state index contributed by atoms with van der Waals surface area (Å²) in [6.07, 6.45) is 0. The van der Waals surface area contributed by atoms with E-state index < -0.39 is 0 Å². The van der Waals surface area contributed by atoms with Crippen molar-refractivity contribution in [1.29, 1.82) is 0 Å². The first-order valence-corrected chi connectivity index (χ1v) is 10.0. The first kappa shape index (κ1) is 19.6. The molecule has 2 N–H and O–H groups in total. The van der Waals surface area contributed by atoms with E-state index >= 15 is 0 Å². The molecule has 0 bridgehead atoms. The molecule has 0 saturated heterocycles. The molecule has 1 heterocycles. The second-order valence-electron chi connectivity index (χ2n) is 6.43. The molecule has 0 fully saturated rings. The third-order valence-electron chi connectivity index (χ3n) is 4.37. The van der Waals surface area contributed by atoms with Crippen LogP contribution in [0.25, 0.3) is 11.3 Å². The maximum atomic E-state index is 13.0. The molecule has 5 nitrogen and oxygen atoms in total. The number of hydrogen-bond acceptors (Lipinski definition) is 5. The Balaban J connectivity index is 1.47. The van der Waals surface area contributed by atoms with Gasteiger partial charge >= 0.3 is 0 Å². The Bertz CT molecular complexity index is 1160. The van der Waals surface area contributed by atoms with E-state index in [1.807, 2.05) is 29.6 Å². The molecule has 1 amide bonds. The standard InChI is InChI=1S/C23H18FN3O2S/c1-29-20-11-5-15(6-12-20)22(28)25-19-4-2-3-16(13-19)21-14-30-23(27-21)26-18-9-7-17(24)8-10-18/h2-14H,1H3,(H,25,28)(H,26,27). The predicted molar refractivity (Wildman–Crippen MR) is 118 cm³/mol. The van der Waals surface area contributed by atoms with Crippen molar-refractivity contribution in [3.63, 3.8) is 0 Å². The van der Waals surface area contributed by atoms with Crippen molar-refractivity contribution in [1.82, 2.24) is 4.98 Å². The Morgan fingerprint density at radius 2 is 1.77 bits per heavy atom. The predicted octanol–water partition coefficient (Wildman–Crippen LogP) is 5.95. The van der Waals surface area contributed by atoms with Gasteiger partial charge in [0.15, 0.2) is 5.13 Å². The molecule has 0 aliphatic carbocycles. The lowest BCUT2D eigenvalue weighted by Crippen LogP contribution is -2.11. The van der Waals surface area contributed by atoms with Gasteiger partial charge in [-0.1, -0.05) is 12.1 Å². The van der Waals surface area contributed by atoms with E-state index in [9.17, 15) is 9.18 Å². The molecule has 0 spiro atoms. The van der Waals surface area contributed by atoms with Crippen molar-refractivity contribution in [3.05, 3.63) is 89.6 Å². The fourth-order valence-electron chi connectivity index (χ4n) is 2.82. The van der Waals surface area contributed by atoms with Gasteiger partial charge in [0.1, 0.15) is 11.6 Å². The molecule has 0 radical (unpaired) electrons. The molecule has 4 rings (SSSR count). The van der Waals surface area contributed by atoms with Crippen LogP contribution in [0.3, 0.4) is 0 Å². The van der Waals surface area contributed by atoms with Gasteiger partial charge in [-0.2, -0.15) is 0 Å². The van der Waals surface area contributed by atoms with Crippen molar-refractivity contribution in [3.8, 4) is 17.0 Å². The number of aromatic nitrogens is 1. The largest absolute Gasteiger partial charge is 0.497 e. The number of rotatable bonds is 6. The number of hydrogen-bond donors (Lipinski definition) is 2. The zero-order valence-corrected chi connectivity index (χ0v) is 16.9. The monoisotopic (exact) mass is 419 g/mol. The molecule has 0 aliphatic heterocycles. The normalized spacial score (nSPS) is 10.5. The van der Waals surface area contributed by atoms with Crippen molar-refractivity contribution in [2.24, 2.45) is 0 Å². The van der Waals surface area contributed by atoms with Crippen LogP contribution >= 0.6 is 11.3 Å². The van der Waals surface area contributed by atoms with Gasteiger partial charge < -0.3 is 15.4 Å². The molecule has 1 aromatic heterocycles. The second-order valence-corrected chi connectivity index (χ2v) is 7.29. The summed E-state index contributed by atoms with van der Waals surface area (Å²) in [5, 5.41) is 8.69. The van der Waals surface area contributed by atoms with E-state index in [2.05, 4.69) is 15.6 Å². The second kappa shape index (κ2) is 8.75. The van der Waals surface area contributed by atoms with E-state index in [4.69, 9.17) is 4.74 Å². The minimum Gasteiger partial charge on any atom is -0.497 e. The van der Waals surface area contributed by atoms with Gasteiger partial charge in [0.25, 0.3) is 5.91 Å². The SMILES string of the molecule is COc1ccc(C(=O)Nc2cccc(-c3csc(Nc4ccc(F)cc4)n3)c2)cc1. The molecular weight excluding hydrogens is 401 g/mol.